The molecular weight excluding hydrogens is 262 g/mol. The molecule has 3 rings (SSSR count). The minimum absolute atomic E-state index is 0.314. The van der Waals surface area contributed by atoms with Gasteiger partial charge in [-0.15, -0.1) is 0 Å². The van der Waals surface area contributed by atoms with Crippen LogP contribution in [-0.2, 0) is 0 Å². The maximum atomic E-state index is 6.36. The van der Waals surface area contributed by atoms with Gasteiger partial charge in [-0.1, -0.05) is 29.8 Å². The number of halogens is 1. The lowest BCUT2D eigenvalue weighted by Gasteiger charge is -2.23. The van der Waals surface area contributed by atoms with E-state index >= 15 is 0 Å². The number of aromatic nitrogens is 2. The Kier molecular flexibility index (Phi) is 3.71. The highest BCUT2D eigenvalue weighted by Crippen LogP contribution is 2.32. The monoisotopic (exact) mass is 277 g/mol. The van der Waals surface area contributed by atoms with Gasteiger partial charge in [0.1, 0.15) is 5.75 Å². The predicted octanol–water partition coefficient (Wildman–Crippen LogP) is 3.25. The van der Waals surface area contributed by atoms with Crippen LogP contribution in [-0.4, -0.2) is 22.9 Å². The Hall–Kier alpha value is -1.52. The molecule has 0 spiro atoms. The van der Waals surface area contributed by atoms with Gasteiger partial charge in [-0.25, -0.2) is 4.68 Å². The zero-order valence-corrected chi connectivity index (χ0v) is 11.3. The topological polar surface area (TPSA) is 39.1 Å². The molecule has 5 heteroatoms. The van der Waals surface area contributed by atoms with Gasteiger partial charge >= 0.3 is 0 Å². The van der Waals surface area contributed by atoms with Gasteiger partial charge in [-0.3, -0.25) is 0 Å². The minimum Gasteiger partial charge on any atom is -0.452 e. The Morgan fingerprint density at radius 2 is 2.16 bits per heavy atom. The number of hydrogen-bond donors (Lipinski definition) is 1. The first-order valence-corrected chi connectivity index (χ1v) is 6.89. The normalized spacial score (nSPS) is 19.3. The molecule has 0 radical (unpaired) electrons. The smallest absolute Gasteiger partial charge is 0.184 e. The van der Waals surface area contributed by atoms with Gasteiger partial charge < -0.3 is 10.1 Å². The molecule has 100 valence electrons. The molecule has 1 aromatic heterocycles. The van der Waals surface area contributed by atoms with E-state index in [-0.39, 0.29) is 0 Å². The van der Waals surface area contributed by atoms with Gasteiger partial charge in [0.2, 0.25) is 0 Å². The van der Waals surface area contributed by atoms with E-state index in [1.807, 2.05) is 35.0 Å². The van der Waals surface area contributed by atoms with E-state index in [0.29, 0.717) is 16.9 Å². The van der Waals surface area contributed by atoms with E-state index in [0.717, 1.165) is 31.7 Å². The molecule has 1 unspecified atom stereocenters. The van der Waals surface area contributed by atoms with E-state index in [9.17, 15) is 0 Å². The molecule has 1 atom stereocenters. The van der Waals surface area contributed by atoms with Crippen molar-refractivity contribution < 1.29 is 4.74 Å². The number of piperidine rings is 1. The largest absolute Gasteiger partial charge is 0.452 e. The van der Waals surface area contributed by atoms with Crippen molar-refractivity contribution in [2.45, 2.75) is 18.9 Å². The van der Waals surface area contributed by atoms with Crippen LogP contribution in [0.4, 0.5) is 0 Å². The molecular formula is C14H16ClN3O. The summed E-state index contributed by atoms with van der Waals surface area (Å²) in [5.74, 6) is 1.38. The number of nitrogens with zero attached hydrogens (tertiary/aromatic N) is 2. The Morgan fingerprint density at radius 1 is 1.32 bits per heavy atom. The van der Waals surface area contributed by atoms with Crippen molar-refractivity contribution in [3.8, 4) is 11.5 Å². The van der Waals surface area contributed by atoms with E-state index < -0.39 is 0 Å². The number of hydrogen-bond acceptors (Lipinski definition) is 3. The predicted molar refractivity (Wildman–Crippen MR) is 74.9 cm³/mol. The summed E-state index contributed by atoms with van der Waals surface area (Å²) in [6, 6.07) is 9.92. The quantitative estimate of drug-likeness (QED) is 0.936. The summed E-state index contributed by atoms with van der Waals surface area (Å²) < 4.78 is 7.60. The van der Waals surface area contributed by atoms with Gasteiger partial charge in [0.25, 0.3) is 0 Å². The number of rotatable bonds is 3. The molecule has 0 bridgehead atoms. The molecule has 1 N–H and O–H groups in total. The second kappa shape index (κ2) is 5.63. The Bertz CT molecular complexity index is 535. The Labute approximate surface area is 117 Å². The van der Waals surface area contributed by atoms with Gasteiger partial charge in [-0.05, 0) is 31.5 Å². The highest BCUT2D eigenvalue weighted by atomic mass is 35.5. The number of ether oxygens (including phenoxy) is 1. The molecule has 1 fully saturated rings. The van der Waals surface area contributed by atoms with Crippen molar-refractivity contribution in [2.24, 2.45) is 0 Å². The van der Waals surface area contributed by atoms with Gasteiger partial charge in [0, 0.05) is 6.54 Å². The second-order valence-corrected chi connectivity index (χ2v) is 5.02. The van der Waals surface area contributed by atoms with E-state index in [4.69, 9.17) is 16.3 Å². The van der Waals surface area contributed by atoms with Gasteiger partial charge in [-0.2, -0.15) is 5.10 Å². The average Bonchev–Trinajstić information content (AvgIpc) is 2.82. The number of nitrogens with one attached hydrogen (secondary N) is 1. The lowest BCUT2D eigenvalue weighted by Crippen LogP contribution is -2.32. The van der Waals surface area contributed by atoms with Crippen LogP contribution in [0.5, 0.6) is 11.5 Å². The molecule has 1 aromatic carbocycles. The fraction of sp³-hybridized carbons (Fsp3) is 0.357. The summed E-state index contributed by atoms with van der Waals surface area (Å²) in [4.78, 5) is 0. The third-order valence-electron chi connectivity index (χ3n) is 3.29. The van der Waals surface area contributed by atoms with Crippen molar-refractivity contribution in [1.29, 1.82) is 0 Å². The van der Waals surface area contributed by atoms with Crippen LogP contribution in [0.1, 0.15) is 18.9 Å². The van der Waals surface area contributed by atoms with Crippen molar-refractivity contribution in [2.75, 3.05) is 13.1 Å². The zero-order valence-electron chi connectivity index (χ0n) is 10.6. The van der Waals surface area contributed by atoms with Crippen LogP contribution in [0.25, 0.3) is 0 Å². The van der Waals surface area contributed by atoms with E-state index in [1.165, 1.54) is 0 Å². The van der Waals surface area contributed by atoms with Crippen molar-refractivity contribution in [3.63, 3.8) is 0 Å². The number of para-hydroxylation sites is 1. The highest BCUT2D eigenvalue weighted by Gasteiger charge is 2.20. The summed E-state index contributed by atoms with van der Waals surface area (Å²) in [6.45, 7) is 1.98. The maximum Gasteiger partial charge on any atom is 0.184 e. The van der Waals surface area contributed by atoms with Crippen LogP contribution < -0.4 is 10.1 Å². The molecule has 1 aliphatic heterocycles. The molecule has 4 nitrogen and oxygen atoms in total. The van der Waals surface area contributed by atoms with Crippen molar-refractivity contribution in [1.82, 2.24) is 15.1 Å². The van der Waals surface area contributed by atoms with Gasteiger partial charge in [0.15, 0.2) is 10.9 Å². The van der Waals surface area contributed by atoms with Crippen molar-refractivity contribution in [3.05, 3.63) is 41.7 Å². The van der Waals surface area contributed by atoms with Gasteiger partial charge in [0.05, 0.1) is 12.2 Å². The van der Waals surface area contributed by atoms with E-state index in [1.54, 1.807) is 6.20 Å². The minimum atomic E-state index is 0.314. The molecule has 2 heterocycles. The third kappa shape index (κ3) is 2.74. The molecule has 19 heavy (non-hydrogen) atoms. The first-order chi connectivity index (χ1) is 9.34. The molecule has 0 amide bonds. The standard InChI is InChI=1S/C14H16ClN3O/c15-14-13(19-12-6-2-1-3-7-12)10-17-18(14)11-5-4-8-16-9-11/h1-3,6-7,10-11,16H,4-5,8-9H2. The molecule has 1 saturated heterocycles. The van der Waals surface area contributed by atoms with Crippen LogP contribution in [0.15, 0.2) is 36.5 Å². The summed E-state index contributed by atoms with van der Waals surface area (Å²) in [5.41, 5.74) is 0. The Morgan fingerprint density at radius 3 is 2.89 bits per heavy atom. The third-order valence-corrected chi connectivity index (χ3v) is 3.65. The summed E-state index contributed by atoms with van der Waals surface area (Å²) in [5, 5.41) is 8.28. The SMILES string of the molecule is Clc1c(Oc2ccccc2)cnn1C1CCCNC1. The van der Waals surface area contributed by atoms with E-state index in [2.05, 4.69) is 10.4 Å². The molecule has 1 aliphatic rings. The van der Waals surface area contributed by atoms with Crippen LogP contribution in [0.2, 0.25) is 5.15 Å². The summed E-state index contributed by atoms with van der Waals surface area (Å²) in [6.07, 6.45) is 3.93. The molecule has 2 aromatic rings. The average molecular weight is 278 g/mol. The van der Waals surface area contributed by atoms with Crippen molar-refractivity contribution >= 4 is 11.6 Å². The first kappa shape index (κ1) is 12.5. The Balaban J connectivity index is 1.78. The lowest BCUT2D eigenvalue weighted by atomic mass is 10.1. The van der Waals surface area contributed by atoms with Crippen LogP contribution >= 0.6 is 11.6 Å². The molecule has 0 aliphatic carbocycles. The number of benzene rings is 1. The fourth-order valence-corrected chi connectivity index (χ4v) is 2.58. The summed E-state index contributed by atoms with van der Waals surface area (Å²) in [7, 11) is 0. The highest BCUT2D eigenvalue weighted by molar-refractivity contribution is 6.31. The summed E-state index contributed by atoms with van der Waals surface area (Å²) >= 11 is 6.36. The molecule has 0 saturated carbocycles. The zero-order chi connectivity index (χ0) is 13.1. The van der Waals surface area contributed by atoms with Crippen LogP contribution in [0.3, 0.4) is 0 Å². The lowest BCUT2D eigenvalue weighted by molar-refractivity contribution is 0.346. The fourth-order valence-electron chi connectivity index (χ4n) is 2.31. The maximum absolute atomic E-state index is 6.36. The first-order valence-electron chi connectivity index (χ1n) is 6.51. The second-order valence-electron chi connectivity index (χ2n) is 4.66. The van der Waals surface area contributed by atoms with Crippen LogP contribution in [0, 0.1) is 0 Å².